The van der Waals surface area contributed by atoms with Crippen molar-refractivity contribution in [3.05, 3.63) is 57.8 Å². The van der Waals surface area contributed by atoms with Crippen LogP contribution in [-0.2, 0) is 6.54 Å². The van der Waals surface area contributed by atoms with Crippen LogP contribution in [0.1, 0.15) is 5.56 Å². The van der Waals surface area contributed by atoms with Gasteiger partial charge in [-0.05, 0) is 29.8 Å². The molecule has 2 heterocycles. The summed E-state index contributed by atoms with van der Waals surface area (Å²) in [5, 5.41) is 23.2. The van der Waals surface area contributed by atoms with E-state index >= 15 is 0 Å². The van der Waals surface area contributed by atoms with Gasteiger partial charge in [-0.1, -0.05) is 11.3 Å². The molecule has 0 bridgehead atoms. The molecule has 0 aliphatic heterocycles. The molecule has 0 radical (unpaired) electrons. The average Bonchev–Trinajstić information content (AvgIpc) is 3.17. The number of nitrogens with zero attached hydrogens (tertiary/aromatic N) is 3. The predicted molar refractivity (Wildman–Crippen MR) is 78.0 cm³/mol. The van der Waals surface area contributed by atoms with Crippen molar-refractivity contribution in [2.45, 2.75) is 6.54 Å². The van der Waals surface area contributed by atoms with E-state index in [1.807, 2.05) is 24.3 Å². The van der Waals surface area contributed by atoms with Gasteiger partial charge in [-0.2, -0.15) is 0 Å². The minimum atomic E-state index is -0.382. The first kappa shape index (κ1) is 13.3. The van der Waals surface area contributed by atoms with Gasteiger partial charge >= 0.3 is 5.00 Å². The van der Waals surface area contributed by atoms with Crippen LogP contribution in [0.3, 0.4) is 0 Å². The Balaban J connectivity index is 1.64. The number of aromatic nitrogens is 2. The number of nitrogens with one attached hydrogen (secondary N) is 1. The highest BCUT2D eigenvalue weighted by Crippen LogP contribution is 2.24. The topological polar surface area (TPSA) is 94.1 Å². The number of nitro groups is 1. The van der Waals surface area contributed by atoms with Crippen LogP contribution in [-0.4, -0.2) is 15.1 Å². The molecule has 7 nitrogen and oxygen atoms in total. The molecule has 0 saturated heterocycles. The molecule has 0 unspecified atom stereocenters. The summed E-state index contributed by atoms with van der Waals surface area (Å²) in [6.07, 6.45) is 1.28. The number of hydrogen-bond donors (Lipinski definition) is 1. The Labute approximate surface area is 123 Å². The van der Waals surface area contributed by atoms with Gasteiger partial charge in [0.25, 0.3) is 0 Å². The van der Waals surface area contributed by atoms with Crippen LogP contribution >= 0.6 is 11.3 Å². The fraction of sp³-hybridized carbons (Fsp3) is 0.0769. The molecule has 0 aliphatic rings. The van der Waals surface area contributed by atoms with Crippen LogP contribution < -0.4 is 5.32 Å². The van der Waals surface area contributed by atoms with Crippen LogP contribution in [0.5, 0.6) is 0 Å². The predicted octanol–water partition coefficient (Wildman–Crippen LogP) is 3.32. The van der Waals surface area contributed by atoms with E-state index in [1.165, 1.54) is 6.39 Å². The third-order valence-electron chi connectivity index (χ3n) is 2.81. The number of benzene rings is 1. The number of rotatable bonds is 5. The molecule has 0 atom stereocenters. The van der Waals surface area contributed by atoms with Gasteiger partial charge in [-0.15, -0.1) is 10.2 Å². The molecule has 0 spiro atoms. The molecule has 8 heteroatoms. The highest BCUT2D eigenvalue weighted by molar-refractivity contribution is 7.13. The van der Waals surface area contributed by atoms with Gasteiger partial charge in [0.2, 0.25) is 12.3 Å². The van der Waals surface area contributed by atoms with Crippen LogP contribution in [0.4, 0.5) is 10.7 Å². The maximum absolute atomic E-state index is 10.6. The van der Waals surface area contributed by atoms with E-state index in [0.717, 1.165) is 28.2 Å². The van der Waals surface area contributed by atoms with E-state index in [1.54, 1.807) is 11.4 Å². The van der Waals surface area contributed by atoms with Gasteiger partial charge in [0.1, 0.15) is 0 Å². The van der Waals surface area contributed by atoms with Gasteiger partial charge in [-0.3, -0.25) is 10.1 Å². The van der Waals surface area contributed by atoms with Crippen molar-refractivity contribution in [1.82, 2.24) is 10.2 Å². The molecule has 0 aliphatic carbocycles. The SMILES string of the molecule is O=[N+]([O-])c1cc(CNc2ccc(-c3nnco3)cc2)cs1. The summed E-state index contributed by atoms with van der Waals surface area (Å²) >= 11 is 1.13. The lowest BCUT2D eigenvalue weighted by atomic mass is 10.2. The van der Waals surface area contributed by atoms with Crippen molar-refractivity contribution in [2.24, 2.45) is 0 Å². The van der Waals surface area contributed by atoms with Crippen molar-refractivity contribution >= 4 is 22.0 Å². The highest BCUT2D eigenvalue weighted by Gasteiger charge is 2.09. The Morgan fingerprint density at radius 3 is 2.76 bits per heavy atom. The summed E-state index contributed by atoms with van der Waals surface area (Å²) < 4.78 is 5.11. The third-order valence-corrected chi connectivity index (χ3v) is 3.74. The second-order valence-corrected chi connectivity index (χ2v) is 5.11. The number of anilines is 1. The van der Waals surface area contributed by atoms with Crippen LogP contribution in [0.2, 0.25) is 0 Å². The molecule has 106 valence electrons. The van der Waals surface area contributed by atoms with Gasteiger partial charge in [0.15, 0.2) is 0 Å². The van der Waals surface area contributed by atoms with Crippen LogP contribution in [0, 0.1) is 10.1 Å². The monoisotopic (exact) mass is 302 g/mol. The lowest BCUT2D eigenvalue weighted by Crippen LogP contribution is -1.97. The van der Waals surface area contributed by atoms with Crippen LogP contribution in [0.25, 0.3) is 11.5 Å². The standard InChI is InChI=1S/C13H10N4O3S/c18-17(19)12-5-9(7-21-12)6-14-11-3-1-10(2-4-11)13-16-15-8-20-13/h1-5,7-8,14H,6H2. The van der Waals surface area contributed by atoms with E-state index < -0.39 is 0 Å². The Kier molecular flexibility index (Phi) is 3.61. The van der Waals surface area contributed by atoms with Crippen molar-refractivity contribution in [3.63, 3.8) is 0 Å². The van der Waals surface area contributed by atoms with E-state index in [-0.39, 0.29) is 9.92 Å². The summed E-state index contributed by atoms with van der Waals surface area (Å²) in [6.45, 7) is 0.532. The molecule has 2 aromatic heterocycles. The summed E-state index contributed by atoms with van der Waals surface area (Å²) in [4.78, 5) is 10.2. The first-order valence-electron chi connectivity index (χ1n) is 6.04. The Morgan fingerprint density at radius 2 is 2.14 bits per heavy atom. The first-order chi connectivity index (χ1) is 10.2. The van der Waals surface area contributed by atoms with E-state index in [2.05, 4.69) is 15.5 Å². The fourth-order valence-corrected chi connectivity index (χ4v) is 2.51. The quantitative estimate of drug-likeness (QED) is 0.574. The zero-order chi connectivity index (χ0) is 14.7. The lowest BCUT2D eigenvalue weighted by molar-refractivity contribution is -0.380. The zero-order valence-corrected chi connectivity index (χ0v) is 11.5. The van der Waals surface area contributed by atoms with E-state index in [4.69, 9.17) is 4.42 Å². The summed E-state index contributed by atoms with van der Waals surface area (Å²) in [5.41, 5.74) is 2.63. The third kappa shape index (κ3) is 3.06. The maximum Gasteiger partial charge on any atom is 0.324 e. The molecule has 3 rings (SSSR count). The van der Waals surface area contributed by atoms with Crippen molar-refractivity contribution < 1.29 is 9.34 Å². The summed E-state index contributed by atoms with van der Waals surface area (Å²) in [6, 6.07) is 9.09. The van der Waals surface area contributed by atoms with Gasteiger partial charge in [0, 0.05) is 29.2 Å². The highest BCUT2D eigenvalue weighted by atomic mass is 32.1. The molecule has 21 heavy (non-hydrogen) atoms. The van der Waals surface area contributed by atoms with Crippen molar-refractivity contribution in [3.8, 4) is 11.5 Å². The fourth-order valence-electron chi connectivity index (χ4n) is 1.78. The molecular weight excluding hydrogens is 292 g/mol. The Bertz CT molecular complexity index is 737. The lowest BCUT2D eigenvalue weighted by Gasteiger charge is -2.05. The Hall–Kier alpha value is -2.74. The van der Waals surface area contributed by atoms with Gasteiger partial charge in [-0.25, -0.2) is 0 Å². The average molecular weight is 302 g/mol. The number of thiophene rings is 1. The molecule has 0 fully saturated rings. The second kappa shape index (κ2) is 5.71. The molecule has 3 aromatic rings. The Morgan fingerprint density at radius 1 is 1.33 bits per heavy atom. The minimum absolute atomic E-state index is 0.151. The second-order valence-electron chi connectivity index (χ2n) is 4.23. The molecule has 1 aromatic carbocycles. The molecule has 1 N–H and O–H groups in total. The smallest absolute Gasteiger partial charge is 0.324 e. The maximum atomic E-state index is 10.6. The van der Waals surface area contributed by atoms with Crippen molar-refractivity contribution in [2.75, 3.05) is 5.32 Å². The summed E-state index contributed by atoms with van der Waals surface area (Å²) in [7, 11) is 0. The zero-order valence-electron chi connectivity index (χ0n) is 10.7. The van der Waals surface area contributed by atoms with Gasteiger partial charge < -0.3 is 9.73 Å². The molecular formula is C13H10N4O3S. The van der Waals surface area contributed by atoms with E-state index in [0.29, 0.717) is 12.4 Å². The minimum Gasteiger partial charge on any atom is -0.423 e. The van der Waals surface area contributed by atoms with Gasteiger partial charge in [0.05, 0.1) is 4.92 Å². The molecule has 0 amide bonds. The number of hydrogen-bond acceptors (Lipinski definition) is 7. The first-order valence-corrected chi connectivity index (χ1v) is 6.92. The van der Waals surface area contributed by atoms with E-state index in [9.17, 15) is 10.1 Å². The normalized spacial score (nSPS) is 10.5. The largest absolute Gasteiger partial charge is 0.423 e. The van der Waals surface area contributed by atoms with Crippen molar-refractivity contribution in [1.29, 1.82) is 0 Å². The molecule has 0 saturated carbocycles. The van der Waals surface area contributed by atoms with Crippen LogP contribution in [0.15, 0.2) is 46.5 Å². The summed E-state index contributed by atoms with van der Waals surface area (Å²) in [5.74, 6) is 0.468.